The first-order chi connectivity index (χ1) is 8.06. The fourth-order valence-electron chi connectivity index (χ4n) is 1.87. The zero-order chi connectivity index (χ0) is 12.4. The van der Waals surface area contributed by atoms with Gasteiger partial charge in [0.25, 0.3) is 5.91 Å². The summed E-state index contributed by atoms with van der Waals surface area (Å²) in [4.78, 5) is 11.6. The van der Waals surface area contributed by atoms with E-state index in [1.165, 1.54) is 0 Å². The summed E-state index contributed by atoms with van der Waals surface area (Å²) in [6.07, 6.45) is 1.04. The Morgan fingerprint density at radius 1 is 1.41 bits per heavy atom. The first-order valence-corrected chi connectivity index (χ1v) is 5.47. The lowest BCUT2D eigenvalue weighted by Gasteiger charge is -2.31. The van der Waals surface area contributed by atoms with Gasteiger partial charge in [0, 0.05) is 12.6 Å². The molecule has 3 nitrogen and oxygen atoms in total. The van der Waals surface area contributed by atoms with E-state index in [1.807, 2.05) is 0 Å². The molecule has 1 amide bonds. The van der Waals surface area contributed by atoms with Gasteiger partial charge in [-0.05, 0) is 30.9 Å². The van der Waals surface area contributed by atoms with E-state index in [-0.39, 0.29) is 17.6 Å². The van der Waals surface area contributed by atoms with Gasteiger partial charge in [-0.1, -0.05) is 0 Å². The molecule has 2 N–H and O–H groups in total. The second-order valence-electron chi connectivity index (χ2n) is 4.33. The van der Waals surface area contributed by atoms with Crippen molar-refractivity contribution in [3.63, 3.8) is 0 Å². The highest BCUT2D eigenvalue weighted by molar-refractivity contribution is 5.94. The van der Waals surface area contributed by atoms with Gasteiger partial charge in [-0.2, -0.15) is 0 Å². The minimum absolute atomic E-state index is 0.161. The van der Waals surface area contributed by atoms with Crippen LogP contribution in [0.1, 0.15) is 23.2 Å². The molecular weight excluding hydrogens is 228 g/mol. The number of nitrogens with one attached hydrogen (secondary N) is 1. The molecule has 0 heterocycles. The molecule has 1 saturated carbocycles. The predicted octanol–water partition coefficient (Wildman–Crippen LogP) is 1.47. The molecule has 0 radical (unpaired) electrons. The molecular formula is C12H13F2NO2. The van der Waals surface area contributed by atoms with E-state index in [1.54, 1.807) is 0 Å². The van der Waals surface area contributed by atoms with Crippen molar-refractivity contribution in [2.24, 2.45) is 5.92 Å². The number of amides is 1. The molecule has 5 heteroatoms. The summed E-state index contributed by atoms with van der Waals surface area (Å²) in [6.45, 7) is 0.409. The van der Waals surface area contributed by atoms with Crippen LogP contribution in [0.15, 0.2) is 18.2 Å². The third-order valence-electron chi connectivity index (χ3n) is 2.94. The van der Waals surface area contributed by atoms with E-state index in [0.717, 1.165) is 12.1 Å². The quantitative estimate of drug-likeness (QED) is 0.841. The lowest BCUT2D eigenvalue weighted by atomic mass is 9.82. The van der Waals surface area contributed by atoms with Gasteiger partial charge >= 0.3 is 0 Å². The zero-order valence-electron chi connectivity index (χ0n) is 9.12. The fourth-order valence-corrected chi connectivity index (χ4v) is 1.87. The molecule has 0 bridgehead atoms. The highest BCUT2D eigenvalue weighted by Crippen LogP contribution is 2.26. The summed E-state index contributed by atoms with van der Waals surface area (Å²) < 4.78 is 25.9. The molecule has 2 rings (SSSR count). The molecule has 17 heavy (non-hydrogen) atoms. The SMILES string of the molecule is O=C(NCC1CC(O)C1)c1ccc(F)cc1F. The van der Waals surface area contributed by atoms with Gasteiger partial charge in [-0.15, -0.1) is 0 Å². The van der Waals surface area contributed by atoms with Crippen molar-refractivity contribution in [2.75, 3.05) is 6.54 Å². The lowest BCUT2D eigenvalue weighted by molar-refractivity contribution is 0.0420. The second-order valence-corrected chi connectivity index (χ2v) is 4.33. The summed E-state index contributed by atoms with van der Waals surface area (Å²) in [5.74, 6) is -1.88. The van der Waals surface area contributed by atoms with Crippen LogP contribution < -0.4 is 5.32 Å². The third kappa shape index (κ3) is 2.79. The minimum Gasteiger partial charge on any atom is -0.393 e. The van der Waals surface area contributed by atoms with Crippen LogP contribution in [0, 0.1) is 17.6 Å². The summed E-state index contributed by atoms with van der Waals surface area (Å²) in [7, 11) is 0. The monoisotopic (exact) mass is 241 g/mol. The first-order valence-electron chi connectivity index (χ1n) is 5.47. The van der Waals surface area contributed by atoms with Crippen LogP contribution in [0.3, 0.4) is 0 Å². The number of aliphatic hydroxyl groups is 1. The molecule has 1 aliphatic rings. The maximum absolute atomic E-state index is 13.2. The van der Waals surface area contributed by atoms with Crippen molar-refractivity contribution in [3.05, 3.63) is 35.4 Å². The van der Waals surface area contributed by atoms with Crippen molar-refractivity contribution in [1.29, 1.82) is 0 Å². The van der Waals surface area contributed by atoms with E-state index >= 15 is 0 Å². The number of hydrogen-bond donors (Lipinski definition) is 2. The van der Waals surface area contributed by atoms with Crippen LogP contribution in [0.4, 0.5) is 8.78 Å². The summed E-state index contributed by atoms with van der Waals surface area (Å²) in [5, 5.41) is 11.6. The smallest absolute Gasteiger partial charge is 0.254 e. The highest BCUT2D eigenvalue weighted by atomic mass is 19.1. The zero-order valence-corrected chi connectivity index (χ0v) is 9.12. The van der Waals surface area contributed by atoms with Gasteiger partial charge in [-0.25, -0.2) is 8.78 Å². The van der Waals surface area contributed by atoms with E-state index in [2.05, 4.69) is 5.32 Å². The molecule has 1 aliphatic carbocycles. The molecule has 1 aromatic carbocycles. The Balaban J connectivity index is 1.91. The van der Waals surface area contributed by atoms with Crippen LogP contribution in [0.2, 0.25) is 0 Å². The normalized spacial score (nSPS) is 23.0. The molecule has 92 valence electrons. The number of hydrogen-bond acceptors (Lipinski definition) is 2. The Bertz CT molecular complexity index is 431. The van der Waals surface area contributed by atoms with Crippen LogP contribution in [-0.4, -0.2) is 23.7 Å². The van der Waals surface area contributed by atoms with Gasteiger partial charge < -0.3 is 10.4 Å². The molecule has 0 aromatic heterocycles. The Morgan fingerprint density at radius 2 is 2.12 bits per heavy atom. The summed E-state index contributed by atoms with van der Waals surface area (Å²) in [6, 6.07) is 2.85. The Hall–Kier alpha value is -1.49. The van der Waals surface area contributed by atoms with E-state index < -0.39 is 17.5 Å². The maximum atomic E-state index is 13.2. The van der Waals surface area contributed by atoms with Gasteiger partial charge in [0.05, 0.1) is 11.7 Å². The van der Waals surface area contributed by atoms with Gasteiger partial charge in [0.15, 0.2) is 0 Å². The number of carbonyl (C=O) groups is 1. The van der Waals surface area contributed by atoms with Crippen molar-refractivity contribution >= 4 is 5.91 Å². The second kappa shape index (κ2) is 4.79. The van der Waals surface area contributed by atoms with Crippen molar-refractivity contribution in [3.8, 4) is 0 Å². The number of benzene rings is 1. The van der Waals surface area contributed by atoms with Gasteiger partial charge in [0.2, 0.25) is 0 Å². The lowest BCUT2D eigenvalue weighted by Crippen LogP contribution is -2.38. The standard InChI is InChI=1S/C12H13F2NO2/c13-8-1-2-10(11(14)5-8)12(17)15-6-7-3-9(16)4-7/h1-2,5,7,9,16H,3-4,6H2,(H,15,17). The average molecular weight is 241 g/mol. The highest BCUT2D eigenvalue weighted by Gasteiger charge is 2.27. The van der Waals surface area contributed by atoms with E-state index in [4.69, 9.17) is 5.11 Å². The predicted molar refractivity (Wildman–Crippen MR) is 57.4 cm³/mol. The molecule has 0 spiro atoms. The topological polar surface area (TPSA) is 49.3 Å². The first kappa shape index (κ1) is 12.0. The average Bonchev–Trinajstić information content (AvgIpc) is 2.22. The van der Waals surface area contributed by atoms with Gasteiger partial charge in [-0.3, -0.25) is 4.79 Å². The Morgan fingerprint density at radius 3 is 2.71 bits per heavy atom. The van der Waals surface area contributed by atoms with Crippen LogP contribution in [0.5, 0.6) is 0 Å². The minimum atomic E-state index is -0.865. The molecule has 0 aliphatic heterocycles. The molecule has 1 aromatic rings. The number of halogens is 2. The molecule has 0 saturated heterocycles. The van der Waals surface area contributed by atoms with Crippen molar-refractivity contribution in [2.45, 2.75) is 18.9 Å². The third-order valence-corrected chi connectivity index (χ3v) is 2.94. The molecule has 0 atom stereocenters. The largest absolute Gasteiger partial charge is 0.393 e. The van der Waals surface area contributed by atoms with Crippen LogP contribution in [0.25, 0.3) is 0 Å². The van der Waals surface area contributed by atoms with Crippen molar-refractivity contribution < 1.29 is 18.7 Å². The van der Waals surface area contributed by atoms with Crippen LogP contribution in [-0.2, 0) is 0 Å². The molecule has 1 fully saturated rings. The number of aliphatic hydroxyl groups excluding tert-OH is 1. The molecule has 0 unspecified atom stereocenters. The Kier molecular flexibility index (Phi) is 3.38. The fraction of sp³-hybridized carbons (Fsp3) is 0.417. The van der Waals surface area contributed by atoms with E-state index in [0.29, 0.717) is 25.5 Å². The number of carbonyl (C=O) groups excluding carboxylic acids is 1. The number of rotatable bonds is 3. The summed E-state index contributed by atoms with van der Waals surface area (Å²) in [5.41, 5.74) is -0.161. The van der Waals surface area contributed by atoms with E-state index in [9.17, 15) is 13.6 Å². The summed E-state index contributed by atoms with van der Waals surface area (Å²) >= 11 is 0. The van der Waals surface area contributed by atoms with Crippen LogP contribution >= 0.6 is 0 Å². The van der Waals surface area contributed by atoms with Crippen molar-refractivity contribution in [1.82, 2.24) is 5.32 Å². The Labute approximate surface area is 97.5 Å². The maximum Gasteiger partial charge on any atom is 0.254 e. The van der Waals surface area contributed by atoms with Gasteiger partial charge in [0.1, 0.15) is 11.6 Å².